The van der Waals surface area contributed by atoms with Crippen molar-refractivity contribution in [1.82, 2.24) is 4.57 Å². The van der Waals surface area contributed by atoms with Gasteiger partial charge >= 0.3 is 0 Å². The van der Waals surface area contributed by atoms with Crippen LogP contribution in [-0.4, -0.2) is 4.57 Å². The molecule has 1 nitrogen and oxygen atoms in total. The molecule has 0 aliphatic rings. The second-order valence-electron chi connectivity index (χ2n) is 6.24. The molecule has 3 aromatic carbocycles. The smallest absolute Gasteiger partial charge is 0.0500 e. The van der Waals surface area contributed by atoms with Gasteiger partial charge in [0.2, 0.25) is 0 Å². The normalized spacial score (nSPS) is 12.8. The Labute approximate surface area is 137 Å². The molecule has 0 saturated carbocycles. The van der Waals surface area contributed by atoms with Gasteiger partial charge in [-0.25, -0.2) is 0 Å². The molecule has 4 rings (SSSR count). The van der Waals surface area contributed by atoms with Crippen molar-refractivity contribution in [2.24, 2.45) is 0 Å². The van der Waals surface area contributed by atoms with Gasteiger partial charge in [0.1, 0.15) is 0 Å². The summed E-state index contributed by atoms with van der Waals surface area (Å²) in [4.78, 5) is 0. The summed E-state index contributed by atoms with van der Waals surface area (Å²) in [5.41, 5.74) is 5.23. The highest BCUT2D eigenvalue weighted by Gasteiger charge is 2.14. The van der Waals surface area contributed by atoms with Gasteiger partial charge in [0.15, 0.2) is 0 Å². The largest absolute Gasteiger partial charge is 0.338 e. The first-order valence-electron chi connectivity index (χ1n) is 8.37. The molecule has 0 N–H and O–H groups in total. The zero-order valence-corrected chi connectivity index (χ0v) is 13.7. The number of benzene rings is 3. The van der Waals surface area contributed by atoms with Crippen molar-refractivity contribution in [2.45, 2.75) is 26.3 Å². The Hall–Kier alpha value is -2.54. The number of hydrogen-bond donors (Lipinski definition) is 0. The van der Waals surface area contributed by atoms with Crippen LogP contribution in [0.2, 0.25) is 0 Å². The maximum atomic E-state index is 2.50. The van der Waals surface area contributed by atoms with E-state index in [0.29, 0.717) is 6.04 Å². The summed E-state index contributed by atoms with van der Waals surface area (Å²) in [5, 5.41) is 2.70. The number of rotatable bonds is 3. The third-order valence-corrected chi connectivity index (χ3v) is 4.85. The highest BCUT2D eigenvalue weighted by atomic mass is 15.0. The monoisotopic (exact) mass is 299 g/mol. The van der Waals surface area contributed by atoms with Gasteiger partial charge in [0.05, 0.1) is 0 Å². The molecule has 1 unspecified atom stereocenters. The summed E-state index contributed by atoms with van der Waals surface area (Å²) in [6.45, 7) is 4.56. The Kier molecular flexibility index (Phi) is 3.42. The zero-order valence-electron chi connectivity index (χ0n) is 13.7. The van der Waals surface area contributed by atoms with E-state index in [1.54, 1.807) is 0 Å². The van der Waals surface area contributed by atoms with Crippen molar-refractivity contribution in [1.29, 1.82) is 0 Å². The van der Waals surface area contributed by atoms with E-state index in [4.69, 9.17) is 0 Å². The minimum absolute atomic E-state index is 0.489. The average Bonchev–Trinajstić information content (AvgIpc) is 2.95. The van der Waals surface area contributed by atoms with Gasteiger partial charge < -0.3 is 4.57 Å². The molecular formula is C22H21N. The van der Waals surface area contributed by atoms with E-state index in [1.165, 1.54) is 32.9 Å². The fraction of sp³-hybridized carbons (Fsp3) is 0.182. The van der Waals surface area contributed by atoms with E-state index in [2.05, 4.69) is 91.2 Å². The maximum Gasteiger partial charge on any atom is 0.0500 e. The fourth-order valence-corrected chi connectivity index (χ4v) is 3.47. The summed E-state index contributed by atoms with van der Waals surface area (Å²) >= 11 is 0. The first-order valence-corrected chi connectivity index (χ1v) is 8.37. The van der Waals surface area contributed by atoms with Crippen LogP contribution in [0, 0.1) is 0 Å². The molecule has 0 aliphatic heterocycles. The number of para-hydroxylation sites is 1. The standard InChI is InChI=1S/C22H21N/c1-3-16(2)23-21-12-8-7-11-19(21)20-14-13-18(15-22(20)23)17-9-5-4-6-10-17/h4-16H,3H2,1-2H3. The predicted molar refractivity (Wildman–Crippen MR) is 99.9 cm³/mol. The summed E-state index contributed by atoms with van der Waals surface area (Å²) in [6.07, 6.45) is 1.13. The average molecular weight is 299 g/mol. The summed E-state index contributed by atoms with van der Waals surface area (Å²) < 4.78 is 2.50. The second-order valence-corrected chi connectivity index (χ2v) is 6.24. The van der Waals surface area contributed by atoms with E-state index in [-0.39, 0.29) is 0 Å². The van der Waals surface area contributed by atoms with Crippen LogP contribution in [0.1, 0.15) is 26.3 Å². The zero-order chi connectivity index (χ0) is 15.8. The lowest BCUT2D eigenvalue weighted by molar-refractivity contribution is 0.563. The molecule has 114 valence electrons. The molecule has 1 heterocycles. The van der Waals surface area contributed by atoms with Crippen LogP contribution < -0.4 is 0 Å². The molecule has 23 heavy (non-hydrogen) atoms. The van der Waals surface area contributed by atoms with Crippen LogP contribution in [-0.2, 0) is 0 Å². The lowest BCUT2D eigenvalue weighted by atomic mass is 10.0. The molecule has 0 aliphatic carbocycles. The predicted octanol–water partition coefficient (Wildman–Crippen LogP) is 6.43. The van der Waals surface area contributed by atoms with Gasteiger partial charge in [-0.2, -0.15) is 0 Å². The second kappa shape index (κ2) is 5.58. The van der Waals surface area contributed by atoms with Gasteiger partial charge in [-0.1, -0.05) is 67.6 Å². The first kappa shape index (κ1) is 14.1. The van der Waals surface area contributed by atoms with Crippen LogP contribution in [0.3, 0.4) is 0 Å². The Morgan fingerprint density at radius 1 is 0.739 bits per heavy atom. The van der Waals surface area contributed by atoms with Gasteiger partial charge in [0, 0.05) is 27.8 Å². The highest BCUT2D eigenvalue weighted by Crippen LogP contribution is 2.35. The van der Waals surface area contributed by atoms with E-state index in [1.807, 2.05) is 0 Å². The van der Waals surface area contributed by atoms with E-state index in [9.17, 15) is 0 Å². The highest BCUT2D eigenvalue weighted by molar-refractivity contribution is 6.09. The molecule has 0 bridgehead atoms. The minimum atomic E-state index is 0.489. The van der Waals surface area contributed by atoms with Crippen molar-refractivity contribution in [3.63, 3.8) is 0 Å². The number of aromatic nitrogens is 1. The molecular weight excluding hydrogens is 278 g/mol. The molecule has 1 atom stereocenters. The van der Waals surface area contributed by atoms with Crippen molar-refractivity contribution in [2.75, 3.05) is 0 Å². The van der Waals surface area contributed by atoms with Crippen molar-refractivity contribution >= 4 is 21.8 Å². The topological polar surface area (TPSA) is 4.93 Å². The third kappa shape index (κ3) is 2.24. The van der Waals surface area contributed by atoms with Crippen molar-refractivity contribution < 1.29 is 0 Å². The number of fused-ring (bicyclic) bond motifs is 3. The lowest BCUT2D eigenvalue weighted by Gasteiger charge is -2.15. The van der Waals surface area contributed by atoms with Crippen molar-refractivity contribution in [3.8, 4) is 11.1 Å². The molecule has 0 spiro atoms. The molecule has 0 amide bonds. The fourth-order valence-electron chi connectivity index (χ4n) is 3.47. The van der Waals surface area contributed by atoms with E-state index in [0.717, 1.165) is 6.42 Å². The summed E-state index contributed by atoms with van der Waals surface area (Å²) in [5.74, 6) is 0. The van der Waals surface area contributed by atoms with Crippen LogP contribution >= 0.6 is 0 Å². The maximum absolute atomic E-state index is 2.50. The van der Waals surface area contributed by atoms with Crippen LogP contribution in [0.15, 0.2) is 72.8 Å². The minimum Gasteiger partial charge on any atom is -0.338 e. The first-order chi connectivity index (χ1) is 11.3. The Bertz CT molecular complexity index is 963. The molecule has 1 aromatic heterocycles. The molecule has 1 heteroatoms. The van der Waals surface area contributed by atoms with Crippen LogP contribution in [0.25, 0.3) is 32.9 Å². The molecule has 0 radical (unpaired) electrons. The summed E-state index contributed by atoms with van der Waals surface area (Å²) in [7, 11) is 0. The molecule has 0 fully saturated rings. The van der Waals surface area contributed by atoms with Crippen molar-refractivity contribution in [3.05, 3.63) is 72.8 Å². The summed E-state index contributed by atoms with van der Waals surface area (Å²) in [6, 6.07) is 26.7. The Morgan fingerprint density at radius 2 is 1.43 bits per heavy atom. The van der Waals surface area contributed by atoms with E-state index < -0.39 is 0 Å². The lowest BCUT2D eigenvalue weighted by Crippen LogP contribution is -2.03. The molecule has 0 saturated heterocycles. The van der Waals surface area contributed by atoms with Gasteiger partial charge in [0.25, 0.3) is 0 Å². The SMILES string of the molecule is CCC(C)n1c2ccccc2c2ccc(-c3ccccc3)cc21. The van der Waals surface area contributed by atoms with Gasteiger partial charge in [-0.05, 0) is 36.6 Å². The van der Waals surface area contributed by atoms with Gasteiger partial charge in [-0.3, -0.25) is 0 Å². The van der Waals surface area contributed by atoms with Crippen LogP contribution in [0.5, 0.6) is 0 Å². The Morgan fingerprint density at radius 3 is 2.22 bits per heavy atom. The number of hydrogen-bond acceptors (Lipinski definition) is 0. The van der Waals surface area contributed by atoms with Gasteiger partial charge in [-0.15, -0.1) is 0 Å². The Balaban J connectivity index is 2.05. The van der Waals surface area contributed by atoms with Crippen LogP contribution in [0.4, 0.5) is 0 Å². The quantitative estimate of drug-likeness (QED) is 0.410. The third-order valence-electron chi connectivity index (χ3n) is 4.85. The number of nitrogens with zero attached hydrogens (tertiary/aromatic N) is 1. The van der Waals surface area contributed by atoms with E-state index >= 15 is 0 Å². The molecule has 4 aromatic rings.